The predicted molar refractivity (Wildman–Crippen MR) is 101 cm³/mol. The highest BCUT2D eigenvalue weighted by Gasteiger charge is 2.21. The zero-order valence-corrected chi connectivity index (χ0v) is 16.4. The molecule has 24 heavy (non-hydrogen) atoms. The molecule has 1 aromatic carbocycles. The van der Waals surface area contributed by atoms with Crippen molar-refractivity contribution in [3.8, 4) is 16.3 Å². The number of hydrogen-bond donors (Lipinski definition) is 0. The predicted octanol–water partition coefficient (Wildman–Crippen LogP) is 6.08. The van der Waals surface area contributed by atoms with Gasteiger partial charge in [-0.05, 0) is 37.7 Å². The number of hydrogen-bond acceptors (Lipinski definition) is 6. The van der Waals surface area contributed by atoms with Gasteiger partial charge in [0.05, 0.1) is 17.5 Å². The van der Waals surface area contributed by atoms with Gasteiger partial charge in [0.1, 0.15) is 21.3 Å². The van der Waals surface area contributed by atoms with E-state index in [1.807, 2.05) is 19.9 Å². The van der Waals surface area contributed by atoms with E-state index >= 15 is 0 Å². The third kappa shape index (κ3) is 2.72. The highest BCUT2D eigenvalue weighted by Crippen LogP contribution is 2.44. The van der Waals surface area contributed by atoms with Gasteiger partial charge in [-0.1, -0.05) is 36.8 Å². The Labute approximate surface area is 154 Å². The SMILES string of the molecule is COc1c(Cl)c(-c2nnc(C(C)C)s2)cc2oc(=S)c(C)c(C)c12. The van der Waals surface area contributed by atoms with Gasteiger partial charge in [0.15, 0.2) is 4.71 Å². The van der Waals surface area contributed by atoms with Crippen molar-refractivity contribution in [3.63, 3.8) is 0 Å². The zero-order valence-electron chi connectivity index (χ0n) is 14.1. The van der Waals surface area contributed by atoms with Crippen LogP contribution in [0.5, 0.6) is 5.75 Å². The maximum Gasteiger partial charge on any atom is 0.193 e. The third-order valence-corrected chi connectivity index (χ3v) is 6.02. The Morgan fingerprint density at radius 2 is 1.96 bits per heavy atom. The van der Waals surface area contributed by atoms with Crippen LogP contribution in [-0.2, 0) is 0 Å². The zero-order chi connectivity index (χ0) is 17.6. The molecule has 3 aromatic rings. The molecular formula is C17H17ClN2O2S2. The molecule has 0 radical (unpaired) electrons. The van der Waals surface area contributed by atoms with E-state index in [0.29, 0.717) is 27.0 Å². The summed E-state index contributed by atoms with van der Waals surface area (Å²) in [5.41, 5.74) is 3.30. The Bertz CT molecular complexity index is 992. The van der Waals surface area contributed by atoms with Crippen LogP contribution in [-0.4, -0.2) is 17.3 Å². The number of methoxy groups -OCH3 is 1. The van der Waals surface area contributed by atoms with Gasteiger partial charge in [-0.25, -0.2) is 0 Å². The highest BCUT2D eigenvalue weighted by molar-refractivity contribution is 7.71. The fourth-order valence-electron chi connectivity index (χ4n) is 2.49. The van der Waals surface area contributed by atoms with Gasteiger partial charge in [0.2, 0.25) is 0 Å². The van der Waals surface area contributed by atoms with Crippen LogP contribution >= 0.6 is 35.2 Å². The molecule has 0 saturated carbocycles. The summed E-state index contributed by atoms with van der Waals surface area (Å²) in [7, 11) is 1.60. The summed E-state index contributed by atoms with van der Waals surface area (Å²) in [6, 6.07) is 1.87. The van der Waals surface area contributed by atoms with Crippen molar-refractivity contribution in [2.45, 2.75) is 33.6 Å². The highest BCUT2D eigenvalue weighted by atomic mass is 35.5. The second kappa shape index (κ2) is 6.43. The molecule has 126 valence electrons. The van der Waals surface area contributed by atoms with Crippen molar-refractivity contribution in [3.05, 3.63) is 31.9 Å². The van der Waals surface area contributed by atoms with Crippen molar-refractivity contribution in [2.75, 3.05) is 7.11 Å². The molecule has 7 heteroatoms. The molecule has 0 aliphatic rings. The van der Waals surface area contributed by atoms with Crippen molar-refractivity contribution in [1.82, 2.24) is 10.2 Å². The molecule has 3 rings (SSSR count). The van der Waals surface area contributed by atoms with E-state index in [1.54, 1.807) is 7.11 Å². The van der Waals surface area contributed by atoms with Crippen LogP contribution in [0.25, 0.3) is 21.5 Å². The first-order valence-electron chi connectivity index (χ1n) is 7.49. The minimum Gasteiger partial charge on any atom is -0.494 e. The maximum atomic E-state index is 6.62. The van der Waals surface area contributed by atoms with E-state index in [0.717, 1.165) is 32.1 Å². The lowest BCUT2D eigenvalue weighted by Crippen LogP contribution is -1.94. The van der Waals surface area contributed by atoms with Crippen LogP contribution in [0.15, 0.2) is 10.5 Å². The maximum absolute atomic E-state index is 6.62. The van der Waals surface area contributed by atoms with Crippen LogP contribution in [0.4, 0.5) is 0 Å². The second-order valence-electron chi connectivity index (χ2n) is 5.88. The lowest BCUT2D eigenvalue weighted by atomic mass is 10.0. The number of aromatic nitrogens is 2. The van der Waals surface area contributed by atoms with Crippen LogP contribution in [0.3, 0.4) is 0 Å². The van der Waals surface area contributed by atoms with E-state index in [2.05, 4.69) is 24.0 Å². The molecule has 0 unspecified atom stereocenters. The normalized spacial score (nSPS) is 11.5. The van der Waals surface area contributed by atoms with E-state index in [9.17, 15) is 0 Å². The number of rotatable bonds is 3. The van der Waals surface area contributed by atoms with E-state index in [-0.39, 0.29) is 0 Å². The summed E-state index contributed by atoms with van der Waals surface area (Å²) < 4.78 is 11.9. The molecule has 0 saturated heterocycles. The fourth-order valence-corrected chi connectivity index (χ4v) is 3.97. The van der Waals surface area contributed by atoms with Crippen molar-refractivity contribution in [1.29, 1.82) is 0 Å². The summed E-state index contributed by atoms with van der Waals surface area (Å²) in [6.07, 6.45) is 0. The number of ether oxygens (including phenoxy) is 1. The molecule has 0 fully saturated rings. The van der Waals surface area contributed by atoms with Crippen molar-refractivity contribution in [2.24, 2.45) is 0 Å². The minimum absolute atomic E-state index is 0.311. The number of benzene rings is 1. The van der Waals surface area contributed by atoms with Crippen LogP contribution in [0, 0.1) is 18.6 Å². The number of nitrogens with zero attached hydrogens (tertiary/aromatic N) is 2. The van der Waals surface area contributed by atoms with Crippen LogP contribution in [0.1, 0.15) is 35.9 Å². The van der Waals surface area contributed by atoms with Crippen molar-refractivity contribution >= 4 is 46.1 Å². The van der Waals surface area contributed by atoms with Crippen molar-refractivity contribution < 1.29 is 9.15 Å². The van der Waals surface area contributed by atoms with Gasteiger partial charge in [-0.2, -0.15) is 0 Å². The van der Waals surface area contributed by atoms with E-state index in [4.69, 9.17) is 33.0 Å². The summed E-state index contributed by atoms with van der Waals surface area (Å²) in [5.74, 6) is 0.885. The topological polar surface area (TPSA) is 48.2 Å². The van der Waals surface area contributed by atoms with Gasteiger partial charge in [0, 0.05) is 17.0 Å². The monoisotopic (exact) mass is 380 g/mol. The number of aryl methyl sites for hydroxylation is 1. The summed E-state index contributed by atoms with van der Waals surface area (Å²) >= 11 is 13.5. The largest absolute Gasteiger partial charge is 0.494 e. The molecule has 0 atom stereocenters. The third-order valence-electron chi connectivity index (χ3n) is 4.00. The lowest BCUT2D eigenvalue weighted by molar-refractivity contribution is 0.419. The summed E-state index contributed by atoms with van der Waals surface area (Å²) in [4.78, 5) is 0. The smallest absolute Gasteiger partial charge is 0.193 e. The molecule has 0 bridgehead atoms. The first-order chi connectivity index (χ1) is 11.3. The van der Waals surface area contributed by atoms with Gasteiger partial charge in [-0.3, -0.25) is 0 Å². The minimum atomic E-state index is 0.311. The fraction of sp³-hybridized carbons (Fsp3) is 0.353. The van der Waals surface area contributed by atoms with Gasteiger partial charge < -0.3 is 9.15 Å². The molecule has 0 N–H and O–H groups in total. The lowest BCUT2D eigenvalue weighted by Gasteiger charge is -2.13. The first kappa shape index (κ1) is 17.3. The van der Waals surface area contributed by atoms with Crippen LogP contribution < -0.4 is 4.74 Å². The molecule has 0 spiro atoms. The van der Waals surface area contributed by atoms with Gasteiger partial charge in [0.25, 0.3) is 0 Å². The molecular weight excluding hydrogens is 364 g/mol. The molecule has 0 amide bonds. The average Bonchev–Trinajstić information content (AvgIpc) is 3.03. The Morgan fingerprint density at radius 1 is 1.25 bits per heavy atom. The standard InChI is InChI=1S/C17H17ClN2O2S2/c1-7(2)15-19-20-16(24-15)10-6-11-12(14(21-5)13(10)18)8(3)9(4)17(23)22-11/h6-7H,1-5H3. The van der Waals surface area contributed by atoms with E-state index in [1.165, 1.54) is 11.3 Å². The number of halogens is 1. The Morgan fingerprint density at radius 3 is 2.54 bits per heavy atom. The van der Waals surface area contributed by atoms with Gasteiger partial charge >= 0.3 is 0 Å². The first-order valence-corrected chi connectivity index (χ1v) is 9.09. The number of fused-ring (bicyclic) bond motifs is 1. The molecule has 2 heterocycles. The molecule has 4 nitrogen and oxygen atoms in total. The Hall–Kier alpha value is -1.50. The average molecular weight is 381 g/mol. The van der Waals surface area contributed by atoms with Gasteiger partial charge in [-0.15, -0.1) is 10.2 Å². The Balaban J connectivity index is 2.36. The molecule has 0 aliphatic carbocycles. The Kier molecular flexibility index (Phi) is 4.64. The summed E-state index contributed by atoms with van der Waals surface area (Å²) in [6.45, 7) is 8.08. The quantitative estimate of drug-likeness (QED) is 0.515. The second-order valence-corrected chi connectivity index (χ2v) is 7.64. The summed E-state index contributed by atoms with van der Waals surface area (Å²) in [5, 5.41) is 11.6. The van der Waals surface area contributed by atoms with Crippen LogP contribution in [0.2, 0.25) is 5.02 Å². The molecule has 0 aliphatic heterocycles. The molecule has 2 aromatic heterocycles. The van der Waals surface area contributed by atoms with E-state index < -0.39 is 0 Å².